The van der Waals surface area contributed by atoms with Crippen molar-refractivity contribution < 1.29 is 14.6 Å². The molecule has 2 unspecified atom stereocenters. The Morgan fingerprint density at radius 2 is 1.92 bits per heavy atom. The molecule has 5 fully saturated rings. The maximum atomic E-state index is 12.1. The van der Waals surface area contributed by atoms with Gasteiger partial charge in [-0.1, -0.05) is 0 Å². The fraction of sp³-hybridized carbons (Fsp3) is 0.737. The summed E-state index contributed by atoms with van der Waals surface area (Å²) in [5.41, 5.74) is 6.42. The van der Waals surface area contributed by atoms with Gasteiger partial charge in [-0.25, -0.2) is 9.97 Å². The van der Waals surface area contributed by atoms with Crippen molar-refractivity contribution in [2.75, 3.05) is 31.2 Å². The number of aliphatic hydroxyl groups is 1. The Bertz CT molecular complexity index is 717. The average Bonchev–Trinajstić information content (AvgIpc) is 2.60. The summed E-state index contributed by atoms with van der Waals surface area (Å²) in [7, 11) is 0. The SMILES string of the molecule is NC(=O)c1cnc(N2CCOCC2)nc1C1C2CC3CC1CC(O)(C3)C2. The van der Waals surface area contributed by atoms with Crippen molar-refractivity contribution >= 4 is 11.9 Å². The summed E-state index contributed by atoms with van der Waals surface area (Å²) < 4.78 is 5.42. The Morgan fingerprint density at radius 1 is 1.23 bits per heavy atom. The molecule has 1 aliphatic heterocycles. The van der Waals surface area contributed by atoms with Crippen LogP contribution in [0.4, 0.5) is 5.95 Å². The second kappa shape index (κ2) is 5.89. The van der Waals surface area contributed by atoms with E-state index in [2.05, 4.69) is 9.88 Å². The molecule has 4 saturated carbocycles. The first-order valence-corrected chi connectivity index (χ1v) is 9.74. The molecule has 1 saturated heterocycles. The highest BCUT2D eigenvalue weighted by Crippen LogP contribution is 2.61. The van der Waals surface area contributed by atoms with Gasteiger partial charge in [-0.2, -0.15) is 0 Å². The van der Waals surface area contributed by atoms with Gasteiger partial charge >= 0.3 is 0 Å². The molecule has 4 aliphatic carbocycles. The quantitative estimate of drug-likeness (QED) is 0.838. The lowest BCUT2D eigenvalue weighted by Gasteiger charge is -2.58. The summed E-state index contributed by atoms with van der Waals surface area (Å²) in [5, 5.41) is 10.9. The first kappa shape index (κ1) is 16.4. The maximum Gasteiger partial charge on any atom is 0.252 e. The molecule has 1 aromatic heterocycles. The molecule has 0 spiro atoms. The molecule has 6 rings (SSSR count). The van der Waals surface area contributed by atoms with E-state index >= 15 is 0 Å². The van der Waals surface area contributed by atoms with Crippen molar-refractivity contribution in [2.24, 2.45) is 23.5 Å². The van der Waals surface area contributed by atoms with Crippen LogP contribution < -0.4 is 10.6 Å². The van der Waals surface area contributed by atoms with Gasteiger partial charge in [0.2, 0.25) is 5.95 Å². The fourth-order valence-electron chi connectivity index (χ4n) is 6.17. The number of morpholine rings is 1. The number of aromatic nitrogens is 2. The van der Waals surface area contributed by atoms with E-state index in [1.807, 2.05) is 0 Å². The zero-order chi connectivity index (χ0) is 17.9. The standard InChI is InChI=1S/C19H26N4O3/c20-17(24)14-10-21-18(23-1-3-26-4-2-23)22-16(14)15-12-5-11-6-13(15)9-19(25,7-11)8-12/h10-13,15,25H,1-9H2,(H2,20,24). The van der Waals surface area contributed by atoms with Gasteiger partial charge in [0.25, 0.3) is 5.91 Å². The summed E-state index contributed by atoms with van der Waals surface area (Å²) >= 11 is 0. The van der Waals surface area contributed by atoms with Crippen molar-refractivity contribution in [3.05, 3.63) is 17.5 Å². The Morgan fingerprint density at radius 3 is 2.54 bits per heavy atom. The van der Waals surface area contributed by atoms with Gasteiger partial charge in [0.1, 0.15) is 0 Å². The number of amides is 1. The Labute approximate surface area is 152 Å². The van der Waals surface area contributed by atoms with Crippen LogP contribution in [0.25, 0.3) is 0 Å². The topological polar surface area (TPSA) is 102 Å². The second-order valence-corrected chi connectivity index (χ2v) is 8.65. The molecule has 2 atom stereocenters. The highest BCUT2D eigenvalue weighted by Gasteiger charge is 2.55. The third-order valence-corrected chi connectivity index (χ3v) is 6.92. The summed E-state index contributed by atoms with van der Waals surface area (Å²) in [4.78, 5) is 23.5. The molecule has 1 aromatic rings. The van der Waals surface area contributed by atoms with Gasteiger partial charge < -0.3 is 20.5 Å². The predicted molar refractivity (Wildman–Crippen MR) is 94.8 cm³/mol. The fourth-order valence-corrected chi connectivity index (χ4v) is 6.17. The van der Waals surface area contributed by atoms with Gasteiger partial charge in [-0.3, -0.25) is 4.79 Å². The molecular formula is C19H26N4O3. The lowest BCUT2D eigenvalue weighted by Crippen LogP contribution is -2.54. The van der Waals surface area contributed by atoms with E-state index in [1.54, 1.807) is 6.20 Å². The number of anilines is 1. The number of nitrogens with zero attached hydrogens (tertiary/aromatic N) is 3. The van der Waals surface area contributed by atoms with E-state index in [-0.39, 0.29) is 5.92 Å². The molecule has 26 heavy (non-hydrogen) atoms. The van der Waals surface area contributed by atoms with E-state index in [9.17, 15) is 9.90 Å². The van der Waals surface area contributed by atoms with E-state index in [4.69, 9.17) is 15.5 Å². The number of nitrogens with two attached hydrogens (primary N) is 1. The van der Waals surface area contributed by atoms with Crippen LogP contribution in [0, 0.1) is 17.8 Å². The lowest BCUT2D eigenvalue weighted by atomic mass is 9.49. The first-order chi connectivity index (χ1) is 12.5. The Kier molecular flexibility index (Phi) is 3.72. The minimum absolute atomic E-state index is 0.206. The number of carbonyl (C=O) groups excluding carboxylic acids is 1. The van der Waals surface area contributed by atoms with Gasteiger partial charge in [-0.15, -0.1) is 0 Å². The van der Waals surface area contributed by atoms with Crippen LogP contribution in [0.2, 0.25) is 0 Å². The summed E-state index contributed by atoms with van der Waals surface area (Å²) in [6.45, 7) is 2.85. The summed E-state index contributed by atoms with van der Waals surface area (Å²) in [6.07, 6.45) is 6.43. The zero-order valence-corrected chi connectivity index (χ0v) is 14.9. The third kappa shape index (κ3) is 2.60. The van der Waals surface area contributed by atoms with Crippen LogP contribution in [-0.4, -0.2) is 52.9 Å². The van der Waals surface area contributed by atoms with Crippen molar-refractivity contribution in [1.29, 1.82) is 0 Å². The minimum Gasteiger partial charge on any atom is -0.390 e. The summed E-state index contributed by atoms with van der Waals surface area (Å²) in [5.74, 6) is 1.80. The molecule has 7 nitrogen and oxygen atoms in total. The molecule has 7 heteroatoms. The predicted octanol–water partition coefficient (Wildman–Crippen LogP) is 1.07. The van der Waals surface area contributed by atoms with Crippen molar-refractivity contribution in [2.45, 2.75) is 43.6 Å². The second-order valence-electron chi connectivity index (χ2n) is 8.65. The zero-order valence-electron chi connectivity index (χ0n) is 14.9. The largest absolute Gasteiger partial charge is 0.390 e. The van der Waals surface area contributed by atoms with Gasteiger partial charge in [-0.05, 0) is 49.9 Å². The molecule has 0 aromatic carbocycles. The van der Waals surface area contributed by atoms with E-state index in [1.165, 1.54) is 0 Å². The molecular weight excluding hydrogens is 332 g/mol. The van der Waals surface area contributed by atoms with Crippen LogP contribution in [0.15, 0.2) is 6.20 Å². The number of rotatable bonds is 3. The molecule has 3 N–H and O–H groups in total. The number of primary amides is 1. The molecule has 2 heterocycles. The Hall–Kier alpha value is -1.73. The highest BCUT2D eigenvalue weighted by molar-refractivity contribution is 5.94. The molecule has 4 bridgehead atoms. The van der Waals surface area contributed by atoms with E-state index in [0.29, 0.717) is 42.5 Å². The third-order valence-electron chi connectivity index (χ3n) is 6.92. The number of hydrogen-bond acceptors (Lipinski definition) is 6. The van der Waals surface area contributed by atoms with Crippen LogP contribution >= 0.6 is 0 Å². The van der Waals surface area contributed by atoms with Gasteiger partial charge in [0.05, 0.1) is 30.1 Å². The minimum atomic E-state index is -0.500. The monoisotopic (exact) mass is 358 g/mol. The van der Waals surface area contributed by atoms with Crippen LogP contribution in [0.5, 0.6) is 0 Å². The van der Waals surface area contributed by atoms with Gasteiger partial charge in [0.15, 0.2) is 0 Å². The number of hydrogen-bond donors (Lipinski definition) is 2. The van der Waals surface area contributed by atoms with Crippen LogP contribution in [-0.2, 0) is 4.74 Å². The van der Waals surface area contributed by atoms with Crippen molar-refractivity contribution in [1.82, 2.24) is 9.97 Å². The van der Waals surface area contributed by atoms with E-state index in [0.717, 1.165) is 50.9 Å². The number of carbonyl (C=O) groups is 1. The molecule has 5 aliphatic rings. The molecule has 0 radical (unpaired) electrons. The normalized spacial score (nSPS) is 38.6. The van der Waals surface area contributed by atoms with Crippen LogP contribution in [0.1, 0.15) is 54.1 Å². The average molecular weight is 358 g/mol. The van der Waals surface area contributed by atoms with Crippen LogP contribution in [0.3, 0.4) is 0 Å². The summed E-state index contributed by atoms with van der Waals surface area (Å²) in [6, 6.07) is 0. The molecule has 1 amide bonds. The lowest BCUT2D eigenvalue weighted by molar-refractivity contribution is -0.135. The van der Waals surface area contributed by atoms with Crippen molar-refractivity contribution in [3.8, 4) is 0 Å². The first-order valence-electron chi connectivity index (χ1n) is 9.74. The van der Waals surface area contributed by atoms with Crippen molar-refractivity contribution in [3.63, 3.8) is 0 Å². The highest BCUT2D eigenvalue weighted by atomic mass is 16.5. The molecule has 140 valence electrons. The maximum absolute atomic E-state index is 12.1. The van der Waals surface area contributed by atoms with E-state index < -0.39 is 11.5 Å². The Balaban J connectivity index is 1.53. The number of ether oxygens (including phenoxy) is 1. The smallest absolute Gasteiger partial charge is 0.252 e. The van der Waals surface area contributed by atoms with Gasteiger partial charge in [0, 0.05) is 25.2 Å².